The van der Waals surface area contributed by atoms with Crippen LogP contribution in [0.4, 0.5) is 23.0 Å². The van der Waals surface area contributed by atoms with Crippen LogP contribution in [0.1, 0.15) is 76.2 Å². The molecule has 8 nitrogen and oxygen atoms in total. The monoisotopic (exact) mass is 648 g/mol. The van der Waals surface area contributed by atoms with Gasteiger partial charge in [0.25, 0.3) is 11.8 Å². The molecule has 5 aromatic rings. The largest absolute Gasteiger partial charge is 0.348 e. The second-order valence-electron chi connectivity index (χ2n) is 11.5. The highest BCUT2D eigenvalue weighted by molar-refractivity contribution is 6.32. The Balaban J connectivity index is 1.35. The van der Waals surface area contributed by atoms with Gasteiger partial charge in [0.15, 0.2) is 0 Å². The average molecular weight is 649 g/mol. The van der Waals surface area contributed by atoms with E-state index in [-0.39, 0.29) is 11.8 Å². The van der Waals surface area contributed by atoms with Gasteiger partial charge in [0.2, 0.25) is 5.95 Å². The van der Waals surface area contributed by atoms with Gasteiger partial charge in [-0.1, -0.05) is 75.7 Å². The summed E-state index contributed by atoms with van der Waals surface area (Å²) in [5.41, 5.74) is 10.0. The predicted molar refractivity (Wildman–Crippen MR) is 192 cm³/mol. The number of hydrogen-bond acceptors (Lipinski definition) is 5. The molecule has 0 saturated carbocycles. The fourth-order valence-electron chi connectivity index (χ4n) is 5.77. The second kappa shape index (κ2) is 14.6. The predicted octanol–water partition coefficient (Wildman–Crippen LogP) is 8.94. The summed E-state index contributed by atoms with van der Waals surface area (Å²) in [5.74, 6) is -0.0198. The van der Waals surface area contributed by atoms with Crippen molar-refractivity contribution in [3.63, 3.8) is 0 Å². The number of hydrogen-bond donors (Lipinski definition) is 3. The molecule has 2 heterocycles. The van der Waals surface area contributed by atoms with Gasteiger partial charge in [-0.2, -0.15) is 0 Å². The number of para-hydroxylation sites is 2. The van der Waals surface area contributed by atoms with Gasteiger partial charge in [-0.25, -0.2) is 9.97 Å². The lowest BCUT2D eigenvalue weighted by Gasteiger charge is -2.15. The van der Waals surface area contributed by atoms with Gasteiger partial charge in [0.05, 0.1) is 22.5 Å². The van der Waals surface area contributed by atoms with Crippen LogP contribution in [0.15, 0.2) is 73.1 Å². The Bertz CT molecular complexity index is 1900. The van der Waals surface area contributed by atoms with E-state index in [9.17, 15) is 9.59 Å². The van der Waals surface area contributed by atoms with E-state index in [0.717, 1.165) is 70.6 Å². The third-order valence-electron chi connectivity index (χ3n) is 8.46. The van der Waals surface area contributed by atoms with Crippen LogP contribution in [0.3, 0.4) is 0 Å². The Morgan fingerprint density at radius 2 is 1.30 bits per heavy atom. The van der Waals surface area contributed by atoms with Crippen molar-refractivity contribution < 1.29 is 9.59 Å². The Kier molecular flexibility index (Phi) is 10.4. The normalized spacial score (nSPS) is 11.0. The lowest BCUT2D eigenvalue weighted by molar-refractivity contribution is 0.101. The van der Waals surface area contributed by atoms with Gasteiger partial charge in [0, 0.05) is 35.9 Å². The second-order valence-corrected chi connectivity index (χ2v) is 11.9. The Morgan fingerprint density at radius 3 is 1.81 bits per heavy atom. The molecule has 47 heavy (non-hydrogen) atoms. The van der Waals surface area contributed by atoms with Gasteiger partial charge < -0.3 is 20.5 Å². The fraction of sp³-hybridized carbons (Fsp3) is 0.263. The van der Waals surface area contributed by atoms with Crippen molar-refractivity contribution in [1.82, 2.24) is 14.5 Å². The summed E-state index contributed by atoms with van der Waals surface area (Å²) in [7, 11) is 1.85. The SMILES string of the molecule is CCc1cccc(CC)c1NC(=O)c1ccc(Nc2ncc(Cl)c(-c3cc(C(=O)Nc4c(CC)cccc4CC)cn3C)n2)c(C)c1. The first-order valence-corrected chi connectivity index (χ1v) is 16.5. The minimum absolute atomic E-state index is 0.159. The first kappa shape index (κ1) is 33.4. The van der Waals surface area contributed by atoms with Gasteiger partial charge in [-0.3, -0.25) is 9.59 Å². The van der Waals surface area contributed by atoms with Gasteiger partial charge in [-0.15, -0.1) is 0 Å². The number of anilines is 4. The number of halogens is 1. The van der Waals surface area contributed by atoms with E-state index in [2.05, 4.69) is 48.6 Å². The molecule has 0 aliphatic rings. The van der Waals surface area contributed by atoms with Gasteiger partial charge >= 0.3 is 0 Å². The zero-order valence-electron chi connectivity index (χ0n) is 27.8. The molecule has 5 rings (SSSR count). The summed E-state index contributed by atoms with van der Waals surface area (Å²) in [4.78, 5) is 35.8. The summed E-state index contributed by atoms with van der Waals surface area (Å²) < 4.78 is 1.83. The number of aromatic nitrogens is 3. The molecule has 0 aliphatic heterocycles. The number of carbonyl (C=O) groups is 2. The number of aryl methyl sites for hydroxylation is 6. The van der Waals surface area contributed by atoms with Crippen molar-refractivity contribution >= 4 is 46.4 Å². The van der Waals surface area contributed by atoms with Crippen molar-refractivity contribution in [3.8, 4) is 11.4 Å². The van der Waals surface area contributed by atoms with Crippen molar-refractivity contribution in [1.29, 1.82) is 0 Å². The van der Waals surface area contributed by atoms with E-state index < -0.39 is 0 Å². The van der Waals surface area contributed by atoms with Crippen LogP contribution in [-0.4, -0.2) is 26.3 Å². The highest BCUT2D eigenvalue weighted by Crippen LogP contribution is 2.31. The third-order valence-corrected chi connectivity index (χ3v) is 8.74. The van der Waals surface area contributed by atoms with E-state index in [1.165, 1.54) is 6.20 Å². The number of carbonyl (C=O) groups excluding carboxylic acids is 2. The van der Waals surface area contributed by atoms with E-state index in [0.29, 0.717) is 33.5 Å². The van der Waals surface area contributed by atoms with Crippen LogP contribution in [-0.2, 0) is 32.7 Å². The number of nitrogens with one attached hydrogen (secondary N) is 3. The van der Waals surface area contributed by atoms with Crippen molar-refractivity contribution in [2.75, 3.05) is 16.0 Å². The van der Waals surface area contributed by atoms with Gasteiger partial charge in [0.1, 0.15) is 5.69 Å². The third kappa shape index (κ3) is 7.23. The first-order valence-electron chi connectivity index (χ1n) is 16.1. The number of nitrogens with zero attached hydrogens (tertiary/aromatic N) is 3. The molecule has 0 atom stereocenters. The Labute approximate surface area is 281 Å². The van der Waals surface area contributed by atoms with Crippen LogP contribution in [0.5, 0.6) is 0 Å². The first-order chi connectivity index (χ1) is 22.7. The molecule has 0 spiro atoms. The summed E-state index contributed by atoms with van der Waals surface area (Å²) >= 11 is 6.59. The number of benzene rings is 3. The summed E-state index contributed by atoms with van der Waals surface area (Å²) in [5, 5.41) is 9.89. The van der Waals surface area contributed by atoms with E-state index in [1.54, 1.807) is 18.3 Å². The molecule has 3 aromatic carbocycles. The lowest BCUT2D eigenvalue weighted by atomic mass is 10.0. The summed E-state index contributed by atoms with van der Waals surface area (Å²) in [6.07, 6.45) is 6.61. The molecular weight excluding hydrogens is 608 g/mol. The zero-order valence-corrected chi connectivity index (χ0v) is 28.5. The standard InChI is InChI=1S/C38H41ClN6O2/c1-7-24-13-11-14-25(8-2)33(24)42-36(46)28-17-18-31(23(5)19-28)41-38-40-21-30(39)35(44-38)32-20-29(22-45(32)6)37(47)43-34-26(9-3)15-12-16-27(34)10-4/h11-22H,7-10H2,1-6H3,(H,42,46)(H,43,47)(H,40,41,44). The molecule has 0 radical (unpaired) electrons. The van der Waals surface area contributed by atoms with Crippen LogP contribution < -0.4 is 16.0 Å². The summed E-state index contributed by atoms with van der Waals surface area (Å²) in [6, 6.07) is 19.5. The minimum Gasteiger partial charge on any atom is -0.348 e. The van der Waals surface area contributed by atoms with Crippen molar-refractivity contribution in [2.24, 2.45) is 7.05 Å². The van der Waals surface area contributed by atoms with Crippen LogP contribution in [0.25, 0.3) is 11.4 Å². The Hall–Kier alpha value is -4.95. The fourth-order valence-corrected chi connectivity index (χ4v) is 5.96. The molecule has 2 aromatic heterocycles. The van der Waals surface area contributed by atoms with Crippen LogP contribution >= 0.6 is 11.6 Å². The molecular formula is C38H41ClN6O2. The molecule has 9 heteroatoms. The smallest absolute Gasteiger partial charge is 0.257 e. The zero-order chi connectivity index (χ0) is 33.7. The van der Waals surface area contributed by atoms with Crippen molar-refractivity contribution in [2.45, 2.75) is 60.3 Å². The van der Waals surface area contributed by atoms with E-state index in [1.807, 2.05) is 67.1 Å². The molecule has 242 valence electrons. The topological polar surface area (TPSA) is 101 Å². The van der Waals surface area contributed by atoms with E-state index >= 15 is 0 Å². The number of rotatable bonds is 11. The maximum atomic E-state index is 13.4. The average Bonchev–Trinajstić information content (AvgIpc) is 3.47. The highest BCUT2D eigenvalue weighted by Gasteiger charge is 2.19. The highest BCUT2D eigenvalue weighted by atomic mass is 35.5. The molecule has 3 N–H and O–H groups in total. The molecule has 0 bridgehead atoms. The van der Waals surface area contributed by atoms with Crippen LogP contribution in [0, 0.1) is 6.92 Å². The minimum atomic E-state index is -0.199. The van der Waals surface area contributed by atoms with Gasteiger partial charge in [-0.05, 0) is 84.7 Å². The maximum absolute atomic E-state index is 13.4. The van der Waals surface area contributed by atoms with E-state index in [4.69, 9.17) is 16.6 Å². The maximum Gasteiger partial charge on any atom is 0.257 e. The van der Waals surface area contributed by atoms with Crippen molar-refractivity contribution in [3.05, 3.63) is 117 Å². The lowest BCUT2D eigenvalue weighted by Crippen LogP contribution is -2.15. The van der Waals surface area contributed by atoms with Crippen LogP contribution in [0.2, 0.25) is 5.02 Å². The molecule has 0 unspecified atom stereocenters. The molecule has 0 fully saturated rings. The quantitative estimate of drug-likeness (QED) is 0.133. The molecule has 2 amide bonds. The molecule has 0 aliphatic carbocycles. The molecule has 0 saturated heterocycles. The Morgan fingerprint density at radius 1 is 0.766 bits per heavy atom. The number of amides is 2. The summed E-state index contributed by atoms with van der Waals surface area (Å²) in [6.45, 7) is 10.3.